The summed E-state index contributed by atoms with van der Waals surface area (Å²) in [5.74, 6) is -0.512. The predicted octanol–water partition coefficient (Wildman–Crippen LogP) is 18.5. The van der Waals surface area contributed by atoms with Gasteiger partial charge in [-0.3, -0.25) is 9.59 Å². The van der Waals surface area contributed by atoms with Crippen LogP contribution in [0.5, 0.6) is 0 Å². The van der Waals surface area contributed by atoms with Crippen LogP contribution in [0, 0.1) is 0 Å². The first-order valence-corrected chi connectivity index (χ1v) is 29.7. The van der Waals surface area contributed by atoms with E-state index in [0.29, 0.717) is 19.3 Å². The molecular formula is C63H113NO5. The minimum atomic E-state index is -0.800. The number of allylic oxidation sites excluding steroid dienone is 12. The van der Waals surface area contributed by atoms with Gasteiger partial charge in [-0.25, -0.2) is 0 Å². The molecule has 0 saturated carbocycles. The van der Waals surface area contributed by atoms with E-state index >= 15 is 0 Å². The lowest BCUT2D eigenvalue weighted by Gasteiger charge is -2.24. The van der Waals surface area contributed by atoms with Gasteiger partial charge in [-0.05, 0) is 96.3 Å². The molecule has 0 spiro atoms. The number of ether oxygens (including phenoxy) is 1. The van der Waals surface area contributed by atoms with Crippen molar-refractivity contribution in [1.82, 2.24) is 5.32 Å². The maximum atomic E-state index is 13.3. The van der Waals surface area contributed by atoms with Crippen LogP contribution in [0.2, 0.25) is 0 Å². The van der Waals surface area contributed by atoms with Gasteiger partial charge < -0.3 is 20.3 Å². The van der Waals surface area contributed by atoms with Crippen LogP contribution >= 0.6 is 0 Å². The van der Waals surface area contributed by atoms with Gasteiger partial charge in [-0.2, -0.15) is 0 Å². The van der Waals surface area contributed by atoms with E-state index in [-0.39, 0.29) is 24.9 Å². The van der Waals surface area contributed by atoms with Gasteiger partial charge in [0.25, 0.3) is 0 Å². The molecule has 3 atom stereocenters. The third-order valence-electron chi connectivity index (χ3n) is 13.3. The van der Waals surface area contributed by atoms with Crippen molar-refractivity contribution in [1.29, 1.82) is 0 Å². The zero-order chi connectivity index (χ0) is 50.2. The molecule has 0 aromatic heterocycles. The van der Waals surface area contributed by atoms with Crippen LogP contribution in [0.15, 0.2) is 72.9 Å². The molecule has 1 amide bonds. The first-order chi connectivity index (χ1) is 34.0. The van der Waals surface area contributed by atoms with Crippen molar-refractivity contribution in [2.24, 2.45) is 0 Å². The summed E-state index contributed by atoms with van der Waals surface area (Å²) < 4.78 is 5.95. The number of nitrogens with one attached hydrogen (secondary N) is 1. The maximum Gasteiger partial charge on any atom is 0.306 e. The molecule has 3 N–H and O–H groups in total. The summed E-state index contributed by atoms with van der Waals surface area (Å²) in [5, 5.41) is 23.9. The largest absolute Gasteiger partial charge is 0.462 e. The van der Waals surface area contributed by atoms with E-state index in [9.17, 15) is 19.8 Å². The second-order valence-corrected chi connectivity index (χ2v) is 20.0. The van der Waals surface area contributed by atoms with Crippen LogP contribution < -0.4 is 5.32 Å². The van der Waals surface area contributed by atoms with Crippen molar-refractivity contribution in [3.8, 4) is 0 Å². The molecular weight excluding hydrogens is 851 g/mol. The van der Waals surface area contributed by atoms with E-state index in [1.54, 1.807) is 0 Å². The molecule has 0 heterocycles. The van der Waals surface area contributed by atoms with Crippen LogP contribution in [0.3, 0.4) is 0 Å². The van der Waals surface area contributed by atoms with Gasteiger partial charge in [-0.15, -0.1) is 0 Å². The minimum Gasteiger partial charge on any atom is -0.462 e. The van der Waals surface area contributed by atoms with E-state index < -0.39 is 18.2 Å². The van der Waals surface area contributed by atoms with Crippen molar-refractivity contribution < 1.29 is 24.5 Å². The van der Waals surface area contributed by atoms with Crippen LogP contribution in [0.25, 0.3) is 0 Å². The Morgan fingerprint density at radius 1 is 0.435 bits per heavy atom. The summed E-state index contributed by atoms with van der Waals surface area (Å²) >= 11 is 0. The number of carbonyl (C=O) groups is 2. The molecule has 0 radical (unpaired) electrons. The first-order valence-electron chi connectivity index (χ1n) is 29.7. The van der Waals surface area contributed by atoms with Crippen molar-refractivity contribution in [2.45, 2.75) is 309 Å². The number of esters is 1. The van der Waals surface area contributed by atoms with E-state index in [1.807, 2.05) is 0 Å². The zero-order valence-corrected chi connectivity index (χ0v) is 45.7. The van der Waals surface area contributed by atoms with Crippen LogP contribution in [0.1, 0.15) is 290 Å². The molecule has 0 rings (SSSR count). The number of amides is 1. The van der Waals surface area contributed by atoms with E-state index in [2.05, 4.69) is 99.0 Å². The Morgan fingerprint density at radius 2 is 0.783 bits per heavy atom. The topological polar surface area (TPSA) is 95.9 Å². The van der Waals surface area contributed by atoms with Gasteiger partial charge in [0.1, 0.15) is 6.10 Å². The van der Waals surface area contributed by atoms with Crippen LogP contribution in [-0.4, -0.2) is 46.9 Å². The summed E-state index contributed by atoms with van der Waals surface area (Å²) in [4.78, 5) is 26.3. The summed E-state index contributed by atoms with van der Waals surface area (Å²) in [6, 6.07) is -0.715. The normalized spacial score (nSPS) is 13.6. The Bertz CT molecular complexity index is 1270. The second-order valence-electron chi connectivity index (χ2n) is 20.0. The van der Waals surface area contributed by atoms with Crippen molar-refractivity contribution in [3.63, 3.8) is 0 Å². The molecule has 0 bridgehead atoms. The Labute approximate surface area is 428 Å². The lowest BCUT2D eigenvalue weighted by molar-refractivity contribution is -0.151. The van der Waals surface area contributed by atoms with Gasteiger partial charge in [-0.1, -0.05) is 254 Å². The van der Waals surface area contributed by atoms with E-state index in [1.165, 1.54) is 141 Å². The van der Waals surface area contributed by atoms with Crippen molar-refractivity contribution >= 4 is 11.9 Å². The lowest BCUT2D eigenvalue weighted by Crippen LogP contribution is -2.46. The molecule has 3 unspecified atom stereocenters. The fraction of sp³-hybridized carbons (Fsp3) is 0.778. The van der Waals surface area contributed by atoms with E-state index in [4.69, 9.17) is 4.74 Å². The Morgan fingerprint density at radius 3 is 1.22 bits per heavy atom. The Kier molecular flexibility index (Phi) is 54.0. The van der Waals surface area contributed by atoms with Crippen molar-refractivity contribution in [3.05, 3.63) is 72.9 Å². The van der Waals surface area contributed by atoms with Gasteiger partial charge >= 0.3 is 5.97 Å². The highest BCUT2D eigenvalue weighted by Crippen LogP contribution is 2.18. The molecule has 0 aromatic carbocycles. The molecule has 0 aliphatic heterocycles. The quantitative estimate of drug-likeness (QED) is 0.0321. The van der Waals surface area contributed by atoms with Crippen molar-refractivity contribution in [2.75, 3.05) is 6.61 Å². The highest BCUT2D eigenvalue weighted by atomic mass is 16.5. The summed E-state index contributed by atoms with van der Waals surface area (Å²) in [6.07, 6.45) is 72.5. The summed E-state index contributed by atoms with van der Waals surface area (Å²) in [6.45, 7) is 6.37. The highest BCUT2D eigenvalue weighted by molar-refractivity contribution is 5.77. The van der Waals surface area contributed by atoms with Gasteiger partial charge in [0, 0.05) is 6.42 Å². The highest BCUT2D eigenvalue weighted by Gasteiger charge is 2.24. The number of carbonyl (C=O) groups excluding carboxylic acids is 2. The fourth-order valence-electron chi connectivity index (χ4n) is 8.81. The maximum absolute atomic E-state index is 13.3. The third-order valence-corrected chi connectivity index (χ3v) is 13.3. The molecule has 69 heavy (non-hydrogen) atoms. The Hall–Kier alpha value is -2.70. The summed E-state index contributed by atoms with van der Waals surface area (Å²) in [7, 11) is 0. The Balaban J connectivity index is 4.61. The van der Waals surface area contributed by atoms with Crippen LogP contribution in [-0.2, 0) is 14.3 Å². The minimum absolute atomic E-state index is 0.0576. The molecule has 400 valence electrons. The second kappa shape index (κ2) is 56.2. The monoisotopic (exact) mass is 964 g/mol. The molecule has 6 heteroatoms. The van der Waals surface area contributed by atoms with Gasteiger partial charge in [0.05, 0.1) is 25.2 Å². The van der Waals surface area contributed by atoms with Crippen LogP contribution in [0.4, 0.5) is 0 Å². The number of aliphatic hydroxyl groups excluding tert-OH is 2. The molecule has 0 aliphatic rings. The smallest absolute Gasteiger partial charge is 0.306 e. The molecule has 0 fully saturated rings. The molecule has 6 nitrogen and oxygen atoms in total. The number of unbranched alkanes of at least 4 members (excludes halogenated alkanes) is 29. The number of hydrogen-bond donors (Lipinski definition) is 3. The fourth-order valence-corrected chi connectivity index (χ4v) is 8.81. The average Bonchev–Trinajstić information content (AvgIpc) is 3.34. The SMILES string of the molecule is CC/C=C/C/C=C/C/C=C/C/C=C/CCCCCC(=O)OC(CCCCCCCCC/C=C\C/C=C\CCCCC)CC(=O)NC(CO)C(O)CCCCCCCCCCCCCCCCCCC. The third kappa shape index (κ3) is 51.5. The lowest BCUT2D eigenvalue weighted by atomic mass is 10.0. The van der Waals surface area contributed by atoms with Gasteiger partial charge in [0.2, 0.25) is 5.91 Å². The zero-order valence-electron chi connectivity index (χ0n) is 45.7. The summed E-state index contributed by atoms with van der Waals surface area (Å²) in [5.41, 5.74) is 0. The molecule has 0 aromatic rings. The molecule has 0 saturated heterocycles. The standard InChI is InChI=1S/C63H113NO5/c1-4-7-10-13-16-19-22-25-28-31-33-36-39-42-45-48-51-54-59(69-63(68)56-53-50-47-44-41-38-35-30-27-24-21-18-15-12-9-6-3)57-62(67)64-60(58-65)61(66)55-52-49-46-43-40-37-34-32-29-26-23-20-17-14-11-8-5-2/h9,12,16,18-19,21,25,27-28,30,38,41,59-61,65-66H,4-8,10-11,13-15,17,20,22-24,26,29,31-37,39-40,42-58H2,1-3H3,(H,64,67)/b12-9+,19-16-,21-18+,28-25-,30-27+,41-38+. The van der Waals surface area contributed by atoms with E-state index in [0.717, 1.165) is 103 Å². The average molecular weight is 965 g/mol. The van der Waals surface area contributed by atoms with Gasteiger partial charge in [0.15, 0.2) is 0 Å². The molecule has 0 aliphatic carbocycles. The number of aliphatic hydroxyl groups is 2. The number of rotatable bonds is 53. The number of hydrogen-bond acceptors (Lipinski definition) is 5. The first kappa shape index (κ1) is 66.3. The predicted molar refractivity (Wildman–Crippen MR) is 301 cm³/mol.